The lowest BCUT2D eigenvalue weighted by Gasteiger charge is -2.14. The summed E-state index contributed by atoms with van der Waals surface area (Å²) < 4.78 is 43.8. The monoisotopic (exact) mass is 396 g/mol. The Hall–Kier alpha value is -3.30. The molecular weight excluding hydrogens is 377 g/mol. The fourth-order valence-electron chi connectivity index (χ4n) is 2.22. The molecule has 2 N–H and O–H groups in total. The van der Waals surface area contributed by atoms with Gasteiger partial charge in [-0.2, -0.15) is 13.2 Å². The van der Waals surface area contributed by atoms with E-state index in [9.17, 15) is 22.8 Å². The van der Waals surface area contributed by atoms with Crippen LogP contribution in [0.4, 0.5) is 23.7 Å². The van der Waals surface area contributed by atoms with Crippen LogP contribution in [0.2, 0.25) is 0 Å². The number of hydrogen-bond donors (Lipinski definition) is 2. The van der Waals surface area contributed by atoms with Gasteiger partial charge in [-0.3, -0.25) is 9.78 Å². The second kappa shape index (κ2) is 8.59. The predicted molar refractivity (Wildman–Crippen MR) is 96.1 cm³/mol. The number of ether oxygens (including phenoxy) is 1. The van der Waals surface area contributed by atoms with Crippen molar-refractivity contribution in [3.05, 3.63) is 53.3 Å². The molecule has 0 fully saturated rings. The predicted octanol–water partition coefficient (Wildman–Crippen LogP) is 3.13. The highest BCUT2D eigenvalue weighted by molar-refractivity contribution is 6.05. The van der Waals surface area contributed by atoms with Crippen LogP contribution in [-0.4, -0.2) is 43.0 Å². The molecule has 1 aromatic heterocycles. The van der Waals surface area contributed by atoms with Crippen LogP contribution in [0.15, 0.2) is 36.5 Å². The zero-order valence-corrected chi connectivity index (χ0v) is 15.4. The van der Waals surface area contributed by atoms with Crippen molar-refractivity contribution in [2.24, 2.45) is 0 Å². The van der Waals surface area contributed by atoms with Crippen LogP contribution < -0.4 is 15.4 Å². The molecule has 0 saturated heterocycles. The van der Waals surface area contributed by atoms with Crippen molar-refractivity contribution in [2.75, 3.05) is 26.5 Å². The third-order valence-electron chi connectivity index (χ3n) is 3.68. The number of alkyl halides is 3. The van der Waals surface area contributed by atoms with Gasteiger partial charge in [0.1, 0.15) is 5.75 Å². The number of carbonyl (C=O) groups excluding carboxylic acids is 2. The second-order valence-corrected chi connectivity index (χ2v) is 5.96. The summed E-state index contributed by atoms with van der Waals surface area (Å²) in [6, 6.07) is 5.32. The van der Waals surface area contributed by atoms with Crippen LogP contribution in [0.5, 0.6) is 5.75 Å². The standard InChI is InChI=1S/C18H19F3N4O3/c1-25(2)17(27)23-10-13-8-11(6-7-22-13)16(26)24-14-9-12(18(19,20)21)4-5-15(14)28-3/h4-9H,10H2,1-3H3,(H,23,27)(H,24,26). The number of nitrogens with zero attached hydrogens (tertiary/aromatic N) is 2. The maximum atomic E-state index is 12.9. The van der Waals surface area contributed by atoms with Gasteiger partial charge in [-0.15, -0.1) is 0 Å². The molecule has 0 radical (unpaired) electrons. The molecule has 2 aromatic rings. The Morgan fingerprint density at radius 3 is 2.50 bits per heavy atom. The molecule has 7 nitrogen and oxygen atoms in total. The summed E-state index contributed by atoms with van der Waals surface area (Å²) in [5, 5.41) is 5.02. The number of halogens is 3. The number of anilines is 1. The molecule has 2 rings (SSSR count). The molecule has 0 atom stereocenters. The minimum atomic E-state index is -4.56. The number of rotatable bonds is 5. The second-order valence-electron chi connectivity index (χ2n) is 5.96. The zero-order valence-electron chi connectivity index (χ0n) is 15.4. The molecule has 150 valence electrons. The first-order valence-corrected chi connectivity index (χ1v) is 8.08. The quantitative estimate of drug-likeness (QED) is 0.814. The molecule has 1 aromatic carbocycles. The van der Waals surface area contributed by atoms with Gasteiger partial charge in [0.15, 0.2) is 0 Å². The third-order valence-corrected chi connectivity index (χ3v) is 3.68. The van der Waals surface area contributed by atoms with E-state index in [4.69, 9.17) is 4.74 Å². The van der Waals surface area contributed by atoms with Crippen LogP contribution in [0.3, 0.4) is 0 Å². The van der Waals surface area contributed by atoms with Gasteiger partial charge in [0, 0.05) is 25.9 Å². The van der Waals surface area contributed by atoms with Crippen molar-refractivity contribution in [1.82, 2.24) is 15.2 Å². The van der Waals surface area contributed by atoms with E-state index in [1.165, 1.54) is 30.3 Å². The highest BCUT2D eigenvalue weighted by Crippen LogP contribution is 2.35. The summed E-state index contributed by atoms with van der Waals surface area (Å²) in [6.07, 6.45) is -3.18. The SMILES string of the molecule is COc1ccc(C(F)(F)F)cc1NC(=O)c1ccnc(CNC(=O)N(C)C)c1. The molecule has 10 heteroatoms. The van der Waals surface area contributed by atoms with Gasteiger partial charge < -0.3 is 20.3 Å². The largest absolute Gasteiger partial charge is 0.495 e. The lowest BCUT2D eigenvalue weighted by molar-refractivity contribution is -0.137. The van der Waals surface area contributed by atoms with Crippen LogP contribution in [-0.2, 0) is 12.7 Å². The Kier molecular flexibility index (Phi) is 6.45. The van der Waals surface area contributed by atoms with Gasteiger partial charge >= 0.3 is 12.2 Å². The molecule has 0 unspecified atom stereocenters. The molecule has 3 amide bonds. The molecule has 1 heterocycles. The van der Waals surface area contributed by atoms with Gasteiger partial charge in [-0.25, -0.2) is 4.79 Å². The molecule has 0 spiro atoms. The summed E-state index contributed by atoms with van der Waals surface area (Å²) in [4.78, 5) is 29.4. The lowest BCUT2D eigenvalue weighted by atomic mass is 10.1. The van der Waals surface area contributed by atoms with Crippen LogP contribution >= 0.6 is 0 Å². The molecule has 0 bridgehead atoms. The Balaban J connectivity index is 2.19. The van der Waals surface area contributed by atoms with Crippen molar-refractivity contribution in [3.63, 3.8) is 0 Å². The summed E-state index contributed by atoms with van der Waals surface area (Å²) in [5.41, 5.74) is -0.436. The van der Waals surface area contributed by atoms with E-state index < -0.39 is 17.6 Å². The third kappa shape index (κ3) is 5.35. The van der Waals surface area contributed by atoms with Crippen molar-refractivity contribution in [1.29, 1.82) is 0 Å². The number of aromatic nitrogens is 1. The molecular formula is C18H19F3N4O3. The van der Waals surface area contributed by atoms with Crippen molar-refractivity contribution < 1.29 is 27.5 Å². The summed E-state index contributed by atoms with van der Waals surface area (Å²) in [7, 11) is 4.44. The molecule has 0 aliphatic carbocycles. The van der Waals surface area contributed by atoms with E-state index >= 15 is 0 Å². The topological polar surface area (TPSA) is 83.6 Å². The highest BCUT2D eigenvalue weighted by atomic mass is 19.4. The number of methoxy groups -OCH3 is 1. The summed E-state index contributed by atoms with van der Waals surface area (Å²) in [6.45, 7) is 0.0883. The first-order chi connectivity index (χ1) is 13.1. The maximum absolute atomic E-state index is 12.9. The lowest BCUT2D eigenvalue weighted by Crippen LogP contribution is -2.34. The fraction of sp³-hybridized carbons (Fsp3) is 0.278. The van der Waals surface area contributed by atoms with Crippen molar-refractivity contribution in [2.45, 2.75) is 12.7 Å². The van der Waals surface area contributed by atoms with E-state index in [0.29, 0.717) is 5.69 Å². The van der Waals surface area contributed by atoms with Gasteiger partial charge in [0.25, 0.3) is 5.91 Å². The van der Waals surface area contributed by atoms with Crippen LogP contribution in [0, 0.1) is 0 Å². The molecule has 0 saturated carbocycles. The van der Waals surface area contributed by atoms with Crippen LogP contribution in [0.1, 0.15) is 21.6 Å². The Bertz CT molecular complexity index is 869. The van der Waals surface area contributed by atoms with E-state index in [2.05, 4.69) is 15.6 Å². The normalized spacial score (nSPS) is 10.9. The molecule has 0 aliphatic heterocycles. The Morgan fingerprint density at radius 1 is 1.18 bits per heavy atom. The average molecular weight is 396 g/mol. The van der Waals surface area contributed by atoms with Gasteiger partial charge in [-0.05, 0) is 30.3 Å². The van der Waals surface area contributed by atoms with Crippen molar-refractivity contribution in [3.8, 4) is 5.75 Å². The van der Waals surface area contributed by atoms with Crippen LogP contribution in [0.25, 0.3) is 0 Å². The van der Waals surface area contributed by atoms with E-state index in [0.717, 1.165) is 18.2 Å². The molecule has 0 aliphatic rings. The van der Waals surface area contributed by atoms with Gasteiger partial charge in [-0.1, -0.05) is 0 Å². The number of benzene rings is 1. The molecule has 28 heavy (non-hydrogen) atoms. The first-order valence-electron chi connectivity index (χ1n) is 8.08. The number of carbonyl (C=O) groups is 2. The number of nitrogens with one attached hydrogen (secondary N) is 2. The van der Waals surface area contributed by atoms with E-state index in [-0.39, 0.29) is 29.6 Å². The Morgan fingerprint density at radius 2 is 1.89 bits per heavy atom. The van der Waals surface area contributed by atoms with E-state index in [1.54, 1.807) is 14.1 Å². The zero-order chi connectivity index (χ0) is 20.9. The number of urea groups is 1. The summed E-state index contributed by atoms with van der Waals surface area (Å²) in [5.74, 6) is -0.547. The van der Waals surface area contributed by atoms with Gasteiger partial charge in [0.2, 0.25) is 0 Å². The number of pyridine rings is 1. The average Bonchev–Trinajstić information content (AvgIpc) is 2.65. The first kappa shape index (κ1) is 21.0. The van der Waals surface area contributed by atoms with E-state index in [1.807, 2.05) is 0 Å². The fourth-order valence-corrected chi connectivity index (χ4v) is 2.22. The smallest absolute Gasteiger partial charge is 0.416 e. The number of hydrogen-bond acceptors (Lipinski definition) is 4. The minimum Gasteiger partial charge on any atom is -0.495 e. The summed E-state index contributed by atoms with van der Waals surface area (Å²) >= 11 is 0. The highest BCUT2D eigenvalue weighted by Gasteiger charge is 2.31. The number of amides is 3. The van der Waals surface area contributed by atoms with Gasteiger partial charge in [0.05, 0.1) is 30.6 Å². The maximum Gasteiger partial charge on any atom is 0.416 e. The Labute approximate surface area is 159 Å². The van der Waals surface area contributed by atoms with Crippen molar-refractivity contribution >= 4 is 17.6 Å². The minimum absolute atomic E-state index is 0.0883.